The van der Waals surface area contributed by atoms with Crippen molar-refractivity contribution in [3.05, 3.63) is 59.7 Å². The van der Waals surface area contributed by atoms with Crippen molar-refractivity contribution in [1.82, 2.24) is 9.80 Å². The molecule has 6 heteroatoms. The normalized spacial score (nSPS) is 18.5. The minimum atomic E-state index is 0.0878. The number of hydrogen-bond donors (Lipinski definition) is 0. The van der Waals surface area contributed by atoms with Gasteiger partial charge in [0.05, 0.1) is 6.61 Å². The van der Waals surface area contributed by atoms with E-state index in [1.165, 1.54) is 0 Å². The quantitative estimate of drug-likeness (QED) is 0.690. The molecule has 0 bridgehead atoms. The van der Waals surface area contributed by atoms with E-state index in [9.17, 15) is 9.59 Å². The Kier molecular flexibility index (Phi) is 6.98. The molecule has 2 heterocycles. The maximum absolute atomic E-state index is 12.9. The lowest BCUT2D eigenvalue weighted by molar-refractivity contribution is 0.0633. The van der Waals surface area contributed by atoms with E-state index in [-0.39, 0.29) is 11.8 Å². The van der Waals surface area contributed by atoms with Crippen molar-refractivity contribution < 1.29 is 14.3 Å². The zero-order valence-electron chi connectivity index (χ0n) is 19.1. The number of rotatable bonds is 6. The average molecular weight is 436 g/mol. The fraction of sp³-hybridized carbons (Fsp3) is 0.462. The summed E-state index contributed by atoms with van der Waals surface area (Å²) in [6.07, 6.45) is 4.22. The van der Waals surface area contributed by atoms with E-state index in [1.807, 2.05) is 77.3 Å². The van der Waals surface area contributed by atoms with Gasteiger partial charge in [-0.15, -0.1) is 0 Å². The van der Waals surface area contributed by atoms with Gasteiger partial charge in [0.1, 0.15) is 5.75 Å². The lowest BCUT2D eigenvalue weighted by Gasteiger charge is -2.32. The molecule has 170 valence electrons. The van der Waals surface area contributed by atoms with Crippen molar-refractivity contribution in [2.24, 2.45) is 5.92 Å². The van der Waals surface area contributed by atoms with Crippen LogP contribution in [0.25, 0.3) is 0 Å². The van der Waals surface area contributed by atoms with Gasteiger partial charge in [-0.2, -0.15) is 0 Å². The molecular formula is C26H33N3O3. The zero-order chi connectivity index (χ0) is 22.5. The van der Waals surface area contributed by atoms with Crippen LogP contribution in [0.2, 0.25) is 0 Å². The highest BCUT2D eigenvalue weighted by atomic mass is 16.5. The van der Waals surface area contributed by atoms with Crippen molar-refractivity contribution in [2.75, 3.05) is 51.8 Å². The molecule has 0 saturated carbocycles. The van der Waals surface area contributed by atoms with Crippen LogP contribution in [-0.4, -0.2) is 68.5 Å². The molecular weight excluding hydrogens is 402 g/mol. The minimum Gasteiger partial charge on any atom is -0.493 e. The highest BCUT2D eigenvalue weighted by Gasteiger charge is 2.25. The van der Waals surface area contributed by atoms with Gasteiger partial charge in [0.25, 0.3) is 11.8 Å². The Morgan fingerprint density at radius 3 is 2.03 bits per heavy atom. The smallest absolute Gasteiger partial charge is 0.253 e. The molecule has 2 saturated heterocycles. The molecule has 0 radical (unpaired) electrons. The first-order valence-electron chi connectivity index (χ1n) is 11.6. The van der Waals surface area contributed by atoms with Crippen LogP contribution in [-0.2, 0) is 0 Å². The second-order valence-corrected chi connectivity index (χ2v) is 9.04. The van der Waals surface area contributed by atoms with Gasteiger partial charge in [-0.05, 0) is 74.2 Å². The van der Waals surface area contributed by atoms with Crippen molar-refractivity contribution >= 4 is 17.5 Å². The predicted octanol–water partition coefficient (Wildman–Crippen LogP) is 3.92. The van der Waals surface area contributed by atoms with E-state index in [1.54, 1.807) is 0 Å². The summed E-state index contributed by atoms with van der Waals surface area (Å²) in [5, 5.41) is 0. The third-order valence-corrected chi connectivity index (χ3v) is 6.42. The summed E-state index contributed by atoms with van der Waals surface area (Å²) in [7, 11) is 3.98. The molecule has 2 aromatic carbocycles. The second-order valence-electron chi connectivity index (χ2n) is 9.04. The first-order chi connectivity index (χ1) is 15.5. The highest BCUT2D eigenvalue weighted by molar-refractivity contribution is 5.95. The highest BCUT2D eigenvalue weighted by Crippen LogP contribution is 2.22. The Hall–Kier alpha value is -3.02. The van der Waals surface area contributed by atoms with Gasteiger partial charge in [-0.25, -0.2) is 0 Å². The third kappa shape index (κ3) is 5.23. The SMILES string of the molecule is CN(C)c1ccc(C(=O)N2CCC[C@H](COc3ccc(C(=O)N4CCCC4)cc3)C2)cc1. The maximum Gasteiger partial charge on any atom is 0.253 e. The van der Waals surface area contributed by atoms with Gasteiger partial charge in [-0.3, -0.25) is 9.59 Å². The van der Waals surface area contributed by atoms with Crippen LogP contribution in [0, 0.1) is 5.92 Å². The van der Waals surface area contributed by atoms with Gasteiger partial charge < -0.3 is 19.4 Å². The summed E-state index contributed by atoms with van der Waals surface area (Å²) < 4.78 is 6.01. The summed E-state index contributed by atoms with van der Waals surface area (Å²) in [5.74, 6) is 1.27. The topological polar surface area (TPSA) is 53.1 Å². The molecule has 2 fully saturated rings. The largest absolute Gasteiger partial charge is 0.493 e. The standard InChI is InChI=1S/C26H33N3O3/c1-27(2)23-11-7-21(8-12-23)26(31)29-17-5-6-20(18-29)19-32-24-13-9-22(10-14-24)25(30)28-15-3-4-16-28/h7-14,20H,3-6,15-19H2,1-2H3/t20-/m0/s1. The van der Waals surface area contributed by atoms with E-state index < -0.39 is 0 Å². The molecule has 2 amide bonds. The number of amides is 2. The fourth-order valence-electron chi connectivity index (χ4n) is 4.48. The van der Waals surface area contributed by atoms with Crippen molar-refractivity contribution in [1.29, 1.82) is 0 Å². The van der Waals surface area contributed by atoms with Crippen molar-refractivity contribution in [3.63, 3.8) is 0 Å². The molecule has 2 aliphatic rings. The summed E-state index contributed by atoms with van der Waals surface area (Å²) in [6.45, 7) is 3.78. The maximum atomic E-state index is 12.9. The molecule has 0 N–H and O–H groups in total. The number of nitrogens with zero attached hydrogens (tertiary/aromatic N) is 3. The first kappa shape index (κ1) is 22.2. The van der Waals surface area contributed by atoms with Crippen LogP contribution in [0.15, 0.2) is 48.5 Å². The Balaban J connectivity index is 1.29. The molecule has 2 aromatic rings. The number of carbonyl (C=O) groups is 2. The molecule has 1 atom stereocenters. The molecule has 0 aliphatic carbocycles. The number of benzene rings is 2. The monoisotopic (exact) mass is 435 g/mol. The lowest BCUT2D eigenvalue weighted by Crippen LogP contribution is -2.41. The Labute approximate surface area is 190 Å². The van der Waals surface area contributed by atoms with Crippen LogP contribution >= 0.6 is 0 Å². The Morgan fingerprint density at radius 1 is 0.844 bits per heavy atom. The van der Waals surface area contributed by atoms with Crippen LogP contribution in [0.4, 0.5) is 5.69 Å². The number of likely N-dealkylation sites (tertiary alicyclic amines) is 2. The fourth-order valence-corrected chi connectivity index (χ4v) is 4.48. The van der Waals surface area contributed by atoms with Gasteiger partial charge >= 0.3 is 0 Å². The van der Waals surface area contributed by atoms with E-state index in [0.717, 1.165) is 62.3 Å². The van der Waals surface area contributed by atoms with Crippen molar-refractivity contribution in [3.8, 4) is 5.75 Å². The van der Waals surface area contributed by atoms with Crippen LogP contribution in [0.1, 0.15) is 46.4 Å². The number of piperidine rings is 1. The minimum absolute atomic E-state index is 0.0878. The zero-order valence-corrected chi connectivity index (χ0v) is 19.1. The first-order valence-corrected chi connectivity index (χ1v) is 11.6. The van der Waals surface area contributed by atoms with Gasteiger partial charge in [0.15, 0.2) is 0 Å². The predicted molar refractivity (Wildman–Crippen MR) is 126 cm³/mol. The van der Waals surface area contributed by atoms with Crippen LogP contribution in [0.3, 0.4) is 0 Å². The summed E-state index contributed by atoms with van der Waals surface area (Å²) >= 11 is 0. The molecule has 0 unspecified atom stereocenters. The third-order valence-electron chi connectivity index (χ3n) is 6.42. The Bertz CT molecular complexity index is 918. The van der Waals surface area contributed by atoms with E-state index >= 15 is 0 Å². The van der Waals surface area contributed by atoms with E-state index in [4.69, 9.17) is 4.74 Å². The number of carbonyl (C=O) groups excluding carboxylic acids is 2. The summed E-state index contributed by atoms with van der Waals surface area (Å²) in [6, 6.07) is 15.2. The lowest BCUT2D eigenvalue weighted by atomic mass is 9.98. The second kappa shape index (κ2) is 10.1. The summed E-state index contributed by atoms with van der Waals surface area (Å²) in [4.78, 5) is 31.3. The number of anilines is 1. The number of hydrogen-bond acceptors (Lipinski definition) is 4. The molecule has 6 nitrogen and oxygen atoms in total. The van der Waals surface area contributed by atoms with Gasteiger partial charge in [0.2, 0.25) is 0 Å². The average Bonchev–Trinajstić information content (AvgIpc) is 3.37. The Morgan fingerprint density at radius 2 is 1.41 bits per heavy atom. The molecule has 0 spiro atoms. The van der Waals surface area contributed by atoms with Crippen molar-refractivity contribution in [2.45, 2.75) is 25.7 Å². The molecule has 0 aromatic heterocycles. The number of ether oxygens (including phenoxy) is 1. The van der Waals surface area contributed by atoms with Gasteiger partial charge in [0, 0.05) is 63.0 Å². The molecule has 32 heavy (non-hydrogen) atoms. The summed E-state index contributed by atoms with van der Waals surface area (Å²) in [5.41, 5.74) is 2.53. The van der Waals surface area contributed by atoms with Crippen LogP contribution in [0.5, 0.6) is 5.75 Å². The molecule has 2 aliphatic heterocycles. The van der Waals surface area contributed by atoms with E-state index in [0.29, 0.717) is 24.6 Å². The van der Waals surface area contributed by atoms with Crippen LogP contribution < -0.4 is 9.64 Å². The van der Waals surface area contributed by atoms with E-state index in [2.05, 4.69) is 0 Å². The molecule has 4 rings (SSSR count). The van der Waals surface area contributed by atoms with Gasteiger partial charge in [-0.1, -0.05) is 0 Å².